The van der Waals surface area contributed by atoms with Crippen LogP contribution in [0.5, 0.6) is 0 Å². The summed E-state index contributed by atoms with van der Waals surface area (Å²) in [6, 6.07) is 33.3. The van der Waals surface area contributed by atoms with E-state index in [-0.39, 0.29) is 63.6 Å². The van der Waals surface area contributed by atoms with Gasteiger partial charge in [0.15, 0.2) is 0 Å². The van der Waals surface area contributed by atoms with E-state index in [4.69, 9.17) is 5.11 Å². The van der Waals surface area contributed by atoms with Gasteiger partial charge in [-0.05, 0) is 61.3 Å². The van der Waals surface area contributed by atoms with Gasteiger partial charge in [0.2, 0.25) is 0 Å². The van der Waals surface area contributed by atoms with Crippen LogP contribution < -0.4 is 0 Å². The van der Waals surface area contributed by atoms with Gasteiger partial charge >= 0.3 is 27.0 Å². The van der Waals surface area contributed by atoms with Gasteiger partial charge in [0.1, 0.15) is 5.69 Å². The fourth-order valence-corrected chi connectivity index (χ4v) is 4.90. The molecule has 3 aromatic carbocycles. The topological polar surface area (TPSA) is 88.9 Å². The van der Waals surface area contributed by atoms with Crippen molar-refractivity contribution in [3.05, 3.63) is 192 Å². The number of carboxylic acid groups (broad SMARTS) is 1. The summed E-state index contributed by atoms with van der Waals surface area (Å²) in [4.78, 5) is 26.8. The van der Waals surface area contributed by atoms with Crippen molar-refractivity contribution in [3.63, 3.8) is 0 Å². The molecule has 4 aromatic heterocycles. The second kappa shape index (κ2) is 20.5. The molecule has 289 valence electrons. The molecule has 7 aromatic rings. The van der Waals surface area contributed by atoms with Crippen LogP contribution in [-0.2, 0) is 46.6 Å². The number of carbonyl (C=O) groups is 1. The number of aromatic nitrogens is 4. The predicted molar refractivity (Wildman–Crippen MR) is 189 cm³/mol. The first-order valence-electron chi connectivity index (χ1n) is 15.9. The second-order valence-electron chi connectivity index (χ2n) is 11.8. The Morgan fingerprint density at radius 3 is 1.30 bits per heavy atom. The van der Waals surface area contributed by atoms with Gasteiger partial charge in [-0.25, -0.2) is 9.78 Å². The van der Waals surface area contributed by atoms with Crippen molar-refractivity contribution in [2.45, 2.75) is 19.3 Å². The fraction of sp³-hybridized carbons (Fsp3) is 0.0714. The molecule has 0 saturated carbocycles. The zero-order valence-corrected chi connectivity index (χ0v) is 33.8. The summed E-state index contributed by atoms with van der Waals surface area (Å²) >= 11 is 0. The van der Waals surface area contributed by atoms with Gasteiger partial charge in [0, 0.05) is 84.2 Å². The van der Waals surface area contributed by atoms with E-state index in [1.807, 2.05) is 13.8 Å². The standard InChI is InChI=1S/C25H16F4N2.C11H6F2N.C6H5NO2.Ir.Pt/c1-25(2,23-7-3-5-21(30-23)17-11-9-15(26)13-19(17)28)24-8-4-6-22(31-24)18-12-10-16(27)14-20(18)29;12-8-4-5-9(10(13)7-8)11-3-1-2-6-14-11;8-6(9)5-3-1-2-4-7-5;;/h3-10,13-14H,1-2H3;1-4,6-7H;1-4H,(H,8,9);;/q-2;-1;;;+2. The number of pyridine rings is 4. The SMILES string of the molecule is CC(C)(c1cccc(-c2[c-]cc(F)cc2F)n1)c1cccc(-c2[c-]cc(F)cc2F)n1.Fc1c[c-]c(-c2ccccn2)c(F)c1.O=C(O)c1ccccn1.[Ir].[Pt+2]. The van der Waals surface area contributed by atoms with Gasteiger partial charge < -0.3 is 20.1 Å². The van der Waals surface area contributed by atoms with E-state index >= 15 is 0 Å². The molecule has 7 rings (SSSR count). The molecule has 0 atom stereocenters. The molecule has 0 bridgehead atoms. The second-order valence-corrected chi connectivity index (χ2v) is 11.8. The maximum Gasteiger partial charge on any atom is 2.00 e. The van der Waals surface area contributed by atoms with Crippen molar-refractivity contribution < 1.29 is 77.4 Å². The third-order valence-electron chi connectivity index (χ3n) is 7.67. The van der Waals surface area contributed by atoms with Gasteiger partial charge in [-0.2, -0.15) is 0 Å². The molecule has 0 aliphatic rings. The summed E-state index contributed by atoms with van der Waals surface area (Å²) < 4.78 is 80.7. The van der Waals surface area contributed by atoms with E-state index in [1.54, 1.807) is 72.9 Å². The maximum absolute atomic E-state index is 14.2. The number of halogens is 6. The quantitative estimate of drug-likeness (QED) is 0.132. The van der Waals surface area contributed by atoms with Crippen molar-refractivity contribution in [1.82, 2.24) is 19.9 Å². The minimum Gasteiger partial charge on any atom is -0.477 e. The van der Waals surface area contributed by atoms with Crippen LogP contribution >= 0.6 is 0 Å². The van der Waals surface area contributed by atoms with E-state index < -0.39 is 46.3 Å². The summed E-state index contributed by atoms with van der Waals surface area (Å²) in [5.41, 5.74) is 1.86. The van der Waals surface area contributed by atoms with E-state index in [2.05, 4.69) is 38.1 Å². The molecule has 1 N–H and O–H groups in total. The molecule has 0 amide bonds. The van der Waals surface area contributed by atoms with Gasteiger partial charge in [0.25, 0.3) is 0 Å². The van der Waals surface area contributed by atoms with E-state index in [0.29, 0.717) is 28.5 Å². The minimum absolute atomic E-state index is 0. The number of carboxylic acids is 1. The Morgan fingerprint density at radius 2 is 0.964 bits per heavy atom. The minimum atomic E-state index is -0.990. The largest absolute Gasteiger partial charge is 2.00 e. The Bertz CT molecular complexity index is 2300. The van der Waals surface area contributed by atoms with Crippen molar-refractivity contribution in [3.8, 4) is 33.8 Å². The first-order chi connectivity index (χ1) is 25.8. The Labute approximate surface area is 346 Å². The van der Waals surface area contributed by atoms with Crippen LogP contribution in [0.25, 0.3) is 33.8 Å². The van der Waals surface area contributed by atoms with Crippen LogP contribution in [0.1, 0.15) is 35.7 Å². The zero-order chi connectivity index (χ0) is 38.8. The third-order valence-corrected chi connectivity index (χ3v) is 7.67. The third kappa shape index (κ3) is 11.6. The maximum atomic E-state index is 14.2. The van der Waals surface area contributed by atoms with Crippen molar-refractivity contribution in [1.29, 1.82) is 0 Å². The normalized spacial score (nSPS) is 10.4. The smallest absolute Gasteiger partial charge is 0.477 e. The molecule has 1 radical (unpaired) electrons. The van der Waals surface area contributed by atoms with Crippen molar-refractivity contribution in [2.75, 3.05) is 0 Å². The number of nitrogens with zero attached hydrogens (tertiary/aromatic N) is 4. The Morgan fingerprint density at radius 1 is 0.571 bits per heavy atom. The van der Waals surface area contributed by atoms with Crippen LogP contribution in [0, 0.1) is 53.1 Å². The molecule has 4 heterocycles. The average molecular weight is 1120 g/mol. The monoisotopic (exact) mass is 1120 g/mol. The summed E-state index contributed by atoms with van der Waals surface area (Å²) in [6.07, 6.45) is 3.00. The molecule has 0 unspecified atom stereocenters. The van der Waals surface area contributed by atoms with Gasteiger partial charge in [0.05, 0.1) is 0 Å². The number of hydrogen-bond donors (Lipinski definition) is 1. The van der Waals surface area contributed by atoms with Crippen molar-refractivity contribution >= 4 is 5.97 Å². The van der Waals surface area contributed by atoms with Gasteiger partial charge in [-0.15, -0.1) is 36.4 Å². The first kappa shape index (κ1) is 45.0. The van der Waals surface area contributed by atoms with Crippen LogP contribution in [0.15, 0.2) is 122 Å². The fourth-order valence-electron chi connectivity index (χ4n) is 4.90. The molecule has 0 aliphatic heterocycles. The first-order valence-corrected chi connectivity index (χ1v) is 15.9. The molecule has 0 fully saturated rings. The van der Waals surface area contributed by atoms with Crippen LogP contribution in [0.4, 0.5) is 26.3 Å². The van der Waals surface area contributed by atoms with E-state index in [1.165, 1.54) is 12.3 Å². The van der Waals surface area contributed by atoms with Crippen LogP contribution in [0.2, 0.25) is 0 Å². The average Bonchev–Trinajstić information content (AvgIpc) is 3.16. The summed E-state index contributed by atoms with van der Waals surface area (Å²) in [5, 5.41) is 8.32. The van der Waals surface area contributed by atoms with Gasteiger partial charge in [-0.3, -0.25) is 26.3 Å². The molecule has 6 nitrogen and oxygen atoms in total. The molecule has 0 aliphatic carbocycles. The van der Waals surface area contributed by atoms with Crippen LogP contribution in [-0.4, -0.2) is 31.0 Å². The molecule has 14 heteroatoms. The van der Waals surface area contributed by atoms with E-state index in [0.717, 1.165) is 36.4 Å². The Kier molecular flexibility index (Phi) is 16.5. The van der Waals surface area contributed by atoms with Crippen molar-refractivity contribution in [2.24, 2.45) is 0 Å². The zero-order valence-electron chi connectivity index (χ0n) is 29.1. The number of hydrogen-bond acceptors (Lipinski definition) is 5. The molecular weight excluding hydrogens is 1090 g/mol. The summed E-state index contributed by atoms with van der Waals surface area (Å²) in [7, 11) is 0. The number of rotatable bonds is 6. The predicted octanol–water partition coefficient (Wildman–Crippen LogP) is 9.90. The Balaban J connectivity index is 0.000000277. The van der Waals surface area contributed by atoms with E-state index in [9.17, 15) is 31.1 Å². The summed E-state index contributed by atoms with van der Waals surface area (Å²) in [5.74, 6) is -5.23. The Hall–Kier alpha value is -5.35. The molecule has 0 spiro atoms. The van der Waals surface area contributed by atoms with Gasteiger partial charge in [-0.1, -0.05) is 77.4 Å². The molecular formula is C42H27F6IrN4O2Pt-. The molecule has 56 heavy (non-hydrogen) atoms. The number of benzene rings is 3. The van der Waals surface area contributed by atoms with Crippen LogP contribution in [0.3, 0.4) is 0 Å². The molecule has 0 saturated heterocycles. The summed E-state index contributed by atoms with van der Waals surface area (Å²) in [6.45, 7) is 3.75. The number of aromatic carboxylic acids is 1.